The molecule has 1 aliphatic heterocycles. The second-order valence-corrected chi connectivity index (χ2v) is 6.23. The van der Waals surface area contributed by atoms with Crippen LogP contribution in [0.2, 0.25) is 0 Å². The van der Waals surface area contributed by atoms with E-state index in [0.29, 0.717) is 37.4 Å². The van der Waals surface area contributed by atoms with E-state index in [-0.39, 0.29) is 17.4 Å². The molecule has 1 saturated heterocycles. The van der Waals surface area contributed by atoms with Crippen LogP contribution in [0, 0.1) is 0 Å². The van der Waals surface area contributed by atoms with Crippen LogP contribution in [0.15, 0.2) is 23.1 Å². The number of rotatable bonds is 4. The zero-order chi connectivity index (χ0) is 15.5. The van der Waals surface area contributed by atoms with Gasteiger partial charge in [-0.15, -0.1) is 0 Å². The summed E-state index contributed by atoms with van der Waals surface area (Å²) in [6.07, 6.45) is 0. The normalized spacial score (nSPS) is 16.0. The molecule has 1 aromatic carbocycles. The third-order valence-corrected chi connectivity index (χ3v) is 4.21. The number of carbonyl (C=O) groups is 1. The molecule has 116 valence electrons. The van der Waals surface area contributed by atoms with Gasteiger partial charge in [-0.3, -0.25) is 4.79 Å². The molecule has 21 heavy (non-hydrogen) atoms. The summed E-state index contributed by atoms with van der Waals surface area (Å²) in [4.78, 5) is 13.9. The van der Waals surface area contributed by atoms with E-state index in [1.165, 1.54) is 13.2 Å². The molecule has 8 heteroatoms. The molecule has 1 aliphatic rings. The summed E-state index contributed by atoms with van der Waals surface area (Å²) in [5, 5.41) is 5.21. The minimum Gasteiger partial charge on any atom is -0.380 e. The molecule has 1 amide bonds. The number of nitrogens with zero attached hydrogens (tertiary/aromatic N) is 1. The number of amides is 1. The van der Waals surface area contributed by atoms with Crippen molar-refractivity contribution in [2.45, 2.75) is 11.5 Å². The Balaban J connectivity index is 2.34. The van der Waals surface area contributed by atoms with Crippen molar-refractivity contribution in [1.82, 2.24) is 4.90 Å². The zero-order valence-corrected chi connectivity index (χ0v) is 12.6. The van der Waals surface area contributed by atoms with Crippen LogP contribution in [0.1, 0.15) is 15.9 Å². The molecule has 0 saturated carbocycles. The van der Waals surface area contributed by atoms with Crippen LogP contribution in [-0.4, -0.2) is 52.6 Å². The summed E-state index contributed by atoms with van der Waals surface area (Å²) in [6, 6.07) is 4.44. The molecule has 0 aliphatic carbocycles. The van der Waals surface area contributed by atoms with E-state index in [1.807, 2.05) is 0 Å². The quantitative estimate of drug-likeness (QED) is 0.840. The van der Waals surface area contributed by atoms with Crippen LogP contribution in [0.4, 0.5) is 0 Å². The van der Waals surface area contributed by atoms with Crippen molar-refractivity contribution in [2.75, 3.05) is 33.4 Å². The summed E-state index contributed by atoms with van der Waals surface area (Å²) < 4.78 is 33.5. The van der Waals surface area contributed by atoms with Gasteiger partial charge in [-0.1, -0.05) is 6.07 Å². The van der Waals surface area contributed by atoms with Crippen molar-refractivity contribution < 1.29 is 22.7 Å². The van der Waals surface area contributed by atoms with Gasteiger partial charge in [0.25, 0.3) is 5.91 Å². The van der Waals surface area contributed by atoms with Crippen molar-refractivity contribution >= 4 is 15.9 Å². The molecule has 0 atom stereocenters. The lowest BCUT2D eigenvalue weighted by Crippen LogP contribution is -2.40. The minimum atomic E-state index is -3.92. The van der Waals surface area contributed by atoms with Gasteiger partial charge < -0.3 is 14.4 Å². The highest BCUT2D eigenvalue weighted by molar-refractivity contribution is 7.89. The number of methoxy groups -OCH3 is 1. The number of ether oxygens (including phenoxy) is 2. The summed E-state index contributed by atoms with van der Waals surface area (Å²) in [7, 11) is -2.46. The van der Waals surface area contributed by atoms with Gasteiger partial charge in [0.1, 0.15) is 0 Å². The average molecular weight is 314 g/mol. The zero-order valence-electron chi connectivity index (χ0n) is 11.7. The number of sulfonamides is 1. The third-order valence-electron chi connectivity index (χ3n) is 3.22. The van der Waals surface area contributed by atoms with Gasteiger partial charge in [-0.25, -0.2) is 13.6 Å². The Morgan fingerprint density at radius 1 is 1.38 bits per heavy atom. The van der Waals surface area contributed by atoms with E-state index in [0.717, 1.165) is 0 Å². The maximum absolute atomic E-state index is 12.4. The molecular formula is C13H18N2O5S. The smallest absolute Gasteiger partial charge is 0.254 e. The van der Waals surface area contributed by atoms with Gasteiger partial charge in [0.05, 0.1) is 24.7 Å². The largest absolute Gasteiger partial charge is 0.380 e. The Kier molecular flexibility index (Phi) is 4.94. The maximum Gasteiger partial charge on any atom is 0.254 e. The number of nitrogens with two attached hydrogens (primary N) is 1. The van der Waals surface area contributed by atoms with Crippen LogP contribution >= 0.6 is 0 Å². The van der Waals surface area contributed by atoms with E-state index in [9.17, 15) is 13.2 Å². The molecule has 0 spiro atoms. The lowest BCUT2D eigenvalue weighted by molar-refractivity contribution is 0.0302. The van der Waals surface area contributed by atoms with Crippen molar-refractivity contribution in [3.05, 3.63) is 29.3 Å². The number of benzene rings is 1. The Bertz CT molecular complexity index is 623. The first-order valence-corrected chi connectivity index (χ1v) is 8.00. The summed E-state index contributed by atoms with van der Waals surface area (Å²) in [5.41, 5.74) is 0.722. The first-order chi connectivity index (χ1) is 9.93. The second kappa shape index (κ2) is 6.52. The lowest BCUT2D eigenvalue weighted by atomic mass is 10.1. The van der Waals surface area contributed by atoms with Crippen molar-refractivity contribution in [3.63, 3.8) is 0 Å². The molecule has 0 unspecified atom stereocenters. The van der Waals surface area contributed by atoms with Crippen molar-refractivity contribution in [1.29, 1.82) is 0 Å². The number of hydrogen-bond acceptors (Lipinski definition) is 5. The maximum atomic E-state index is 12.4. The number of hydrogen-bond donors (Lipinski definition) is 1. The SMILES string of the molecule is COCc1ccc(C(=O)N2CCOCC2)cc1S(N)(=O)=O. The average Bonchev–Trinajstić information content (AvgIpc) is 2.47. The Labute approximate surface area is 123 Å². The van der Waals surface area contributed by atoms with E-state index < -0.39 is 10.0 Å². The highest BCUT2D eigenvalue weighted by atomic mass is 32.2. The Morgan fingerprint density at radius 2 is 2.05 bits per heavy atom. The molecule has 2 rings (SSSR count). The first-order valence-electron chi connectivity index (χ1n) is 6.45. The molecule has 2 N–H and O–H groups in total. The summed E-state index contributed by atoms with van der Waals surface area (Å²) >= 11 is 0. The van der Waals surface area contributed by atoms with Crippen LogP contribution in [0.25, 0.3) is 0 Å². The molecule has 1 heterocycles. The Morgan fingerprint density at radius 3 is 2.62 bits per heavy atom. The number of primary sulfonamides is 1. The van der Waals surface area contributed by atoms with Crippen molar-refractivity contribution in [3.8, 4) is 0 Å². The first kappa shape index (κ1) is 15.9. The molecule has 0 bridgehead atoms. The monoisotopic (exact) mass is 314 g/mol. The molecule has 0 aromatic heterocycles. The number of morpholine rings is 1. The molecule has 0 radical (unpaired) electrons. The number of carbonyl (C=O) groups excluding carboxylic acids is 1. The van der Waals surface area contributed by atoms with Gasteiger partial charge in [0.15, 0.2) is 0 Å². The summed E-state index contributed by atoms with van der Waals surface area (Å²) in [5.74, 6) is -0.229. The van der Waals surface area contributed by atoms with E-state index in [1.54, 1.807) is 17.0 Å². The summed E-state index contributed by atoms with van der Waals surface area (Å²) in [6.45, 7) is 2.05. The Hall–Kier alpha value is -1.48. The van der Waals surface area contributed by atoms with Crippen LogP contribution in [0.5, 0.6) is 0 Å². The second-order valence-electron chi connectivity index (χ2n) is 4.71. The van der Waals surface area contributed by atoms with Gasteiger partial charge >= 0.3 is 0 Å². The third kappa shape index (κ3) is 3.79. The van der Waals surface area contributed by atoms with Gasteiger partial charge in [0.2, 0.25) is 10.0 Å². The van der Waals surface area contributed by atoms with E-state index in [4.69, 9.17) is 14.6 Å². The van der Waals surface area contributed by atoms with Gasteiger partial charge in [0, 0.05) is 25.8 Å². The highest BCUT2D eigenvalue weighted by Crippen LogP contribution is 2.19. The molecule has 1 aromatic rings. The van der Waals surface area contributed by atoms with Crippen LogP contribution in [-0.2, 0) is 26.1 Å². The van der Waals surface area contributed by atoms with Crippen LogP contribution in [0.3, 0.4) is 0 Å². The topological polar surface area (TPSA) is 98.9 Å². The van der Waals surface area contributed by atoms with Gasteiger partial charge in [-0.2, -0.15) is 0 Å². The minimum absolute atomic E-state index is 0.0801. The van der Waals surface area contributed by atoms with Crippen molar-refractivity contribution in [2.24, 2.45) is 5.14 Å². The molecule has 1 fully saturated rings. The van der Waals surface area contributed by atoms with Crippen LogP contribution < -0.4 is 5.14 Å². The lowest BCUT2D eigenvalue weighted by Gasteiger charge is -2.27. The fourth-order valence-electron chi connectivity index (χ4n) is 2.18. The fourth-order valence-corrected chi connectivity index (χ4v) is 2.96. The molecule has 7 nitrogen and oxygen atoms in total. The predicted molar refractivity (Wildman–Crippen MR) is 75.3 cm³/mol. The van der Waals surface area contributed by atoms with E-state index >= 15 is 0 Å². The van der Waals surface area contributed by atoms with E-state index in [2.05, 4.69) is 0 Å². The highest BCUT2D eigenvalue weighted by Gasteiger charge is 2.22. The predicted octanol–water partition coefficient (Wildman–Crippen LogP) is -0.0472. The fraction of sp³-hybridized carbons (Fsp3) is 0.462. The molecular weight excluding hydrogens is 296 g/mol. The van der Waals surface area contributed by atoms with Gasteiger partial charge in [-0.05, 0) is 17.7 Å². The standard InChI is InChI=1S/C13H18N2O5S/c1-19-9-11-3-2-10(8-12(11)21(14,17)18)13(16)15-4-6-20-7-5-15/h2-3,8H,4-7,9H2,1H3,(H2,14,17,18).